The van der Waals surface area contributed by atoms with Gasteiger partial charge in [0, 0.05) is 25.0 Å². The number of benzene rings is 2. The minimum Gasteiger partial charge on any atom is -0.370 e. The zero-order valence-corrected chi connectivity index (χ0v) is 18.3. The molecule has 6 nitrogen and oxygen atoms in total. The summed E-state index contributed by atoms with van der Waals surface area (Å²) >= 11 is 1.33. The number of nitrogens with zero attached hydrogens (tertiary/aromatic N) is 3. The molecule has 2 heterocycles. The minimum atomic E-state index is -0.400. The summed E-state index contributed by atoms with van der Waals surface area (Å²) in [7, 11) is 0. The van der Waals surface area contributed by atoms with Gasteiger partial charge in [-0.2, -0.15) is 0 Å². The Labute approximate surface area is 190 Å². The minimum absolute atomic E-state index is 0.0228. The maximum atomic E-state index is 13.5. The van der Waals surface area contributed by atoms with Crippen molar-refractivity contribution in [2.75, 3.05) is 26.2 Å². The molecule has 0 radical (unpaired) electrons. The first kappa shape index (κ1) is 22.1. The molecule has 1 aromatic heterocycles. The molecule has 1 atom stereocenters. The third-order valence-electron chi connectivity index (χ3n) is 5.35. The van der Waals surface area contributed by atoms with E-state index in [0.29, 0.717) is 30.8 Å². The van der Waals surface area contributed by atoms with Gasteiger partial charge in [0.25, 0.3) is 5.91 Å². The number of thiazole rings is 1. The van der Waals surface area contributed by atoms with Crippen LogP contribution in [0.5, 0.6) is 0 Å². The van der Waals surface area contributed by atoms with Crippen LogP contribution in [0.2, 0.25) is 0 Å². The van der Waals surface area contributed by atoms with Crippen LogP contribution in [0.1, 0.15) is 21.6 Å². The van der Waals surface area contributed by atoms with Crippen LogP contribution >= 0.6 is 11.3 Å². The van der Waals surface area contributed by atoms with Crippen molar-refractivity contribution in [1.82, 2.24) is 14.8 Å². The lowest BCUT2D eigenvalue weighted by Gasteiger charge is -2.25. The molecule has 0 saturated carbocycles. The molecular formula is C24H24FN3O3S. The summed E-state index contributed by atoms with van der Waals surface area (Å²) in [6.07, 6.45) is 0.312. The van der Waals surface area contributed by atoms with Gasteiger partial charge in [-0.25, -0.2) is 9.37 Å². The van der Waals surface area contributed by atoms with Crippen LogP contribution in [0.3, 0.4) is 0 Å². The zero-order valence-electron chi connectivity index (χ0n) is 17.5. The average Bonchev–Trinajstić information content (AvgIpc) is 3.29. The predicted molar refractivity (Wildman–Crippen MR) is 120 cm³/mol. The second-order valence-electron chi connectivity index (χ2n) is 7.70. The van der Waals surface area contributed by atoms with Gasteiger partial charge in [0.1, 0.15) is 18.1 Å². The maximum Gasteiger partial charge on any atom is 0.273 e. The summed E-state index contributed by atoms with van der Waals surface area (Å²) in [5.41, 5.74) is 3.76. The lowest BCUT2D eigenvalue weighted by molar-refractivity contribution is -0.131. The number of carbonyl (C=O) groups is 2. The fourth-order valence-corrected chi connectivity index (χ4v) is 4.21. The lowest BCUT2D eigenvalue weighted by atomic mass is 10.1. The normalized spacial score (nSPS) is 16.8. The van der Waals surface area contributed by atoms with E-state index in [1.807, 2.05) is 30.3 Å². The first-order valence-electron chi connectivity index (χ1n) is 10.4. The standard InChI is InChI=1S/C24H24FN3O3S/c25-20-8-4-7-19(11-20)15-31-21-12-27(10-9-18-5-2-1-3-6-18)23(29)14-28(13-21)24(30)22-16-32-17-26-22/h1-8,11,16-17,21H,9-10,12-15H2/t21-/m1/s1. The van der Waals surface area contributed by atoms with Crippen molar-refractivity contribution >= 4 is 23.2 Å². The van der Waals surface area contributed by atoms with Crippen molar-refractivity contribution < 1.29 is 18.7 Å². The summed E-state index contributed by atoms with van der Waals surface area (Å²) in [6, 6.07) is 16.2. The van der Waals surface area contributed by atoms with Crippen LogP contribution in [0.4, 0.5) is 4.39 Å². The number of halogens is 1. The van der Waals surface area contributed by atoms with E-state index in [9.17, 15) is 14.0 Å². The number of amides is 2. The number of rotatable bonds is 7. The molecular weight excluding hydrogens is 429 g/mol. The molecule has 3 aromatic rings. The monoisotopic (exact) mass is 453 g/mol. The SMILES string of the molecule is O=C1CN(C(=O)c2cscn2)C[C@H](OCc2cccc(F)c2)CN1CCc1ccccc1. The van der Waals surface area contributed by atoms with Gasteiger partial charge >= 0.3 is 0 Å². The van der Waals surface area contributed by atoms with Crippen LogP contribution < -0.4 is 0 Å². The molecule has 32 heavy (non-hydrogen) atoms. The summed E-state index contributed by atoms with van der Waals surface area (Å²) in [6.45, 7) is 1.33. The number of hydrogen-bond acceptors (Lipinski definition) is 5. The highest BCUT2D eigenvalue weighted by Gasteiger charge is 2.31. The van der Waals surface area contributed by atoms with Crippen molar-refractivity contribution in [2.24, 2.45) is 0 Å². The number of ether oxygens (including phenoxy) is 1. The molecule has 0 bridgehead atoms. The summed E-state index contributed by atoms with van der Waals surface area (Å²) in [4.78, 5) is 33.2. The van der Waals surface area contributed by atoms with Crippen molar-refractivity contribution in [2.45, 2.75) is 19.1 Å². The molecule has 0 unspecified atom stereocenters. The summed E-state index contributed by atoms with van der Waals surface area (Å²) in [5.74, 6) is -0.739. The van der Waals surface area contributed by atoms with Crippen molar-refractivity contribution in [3.8, 4) is 0 Å². The predicted octanol–water partition coefficient (Wildman–Crippen LogP) is 3.39. The second-order valence-corrected chi connectivity index (χ2v) is 8.42. The Morgan fingerprint density at radius 1 is 1.12 bits per heavy atom. The fourth-order valence-electron chi connectivity index (χ4n) is 3.68. The van der Waals surface area contributed by atoms with Crippen molar-refractivity contribution in [3.05, 3.63) is 88.1 Å². The molecule has 2 amide bonds. The molecule has 8 heteroatoms. The Bertz CT molecular complexity index is 1050. The van der Waals surface area contributed by atoms with Gasteiger partial charge in [-0.1, -0.05) is 42.5 Å². The highest BCUT2D eigenvalue weighted by atomic mass is 32.1. The van der Waals surface area contributed by atoms with Crippen LogP contribution in [0.25, 0.3) is 0 Å². The first-order chi connectivity index (χ1) is 15.6. The first-order valence-corrected chi connectivity index (χ1v) is 11.4. The van der Waals surface area contributed by atoms with E-state index in [1.54, 1.807) is 27.9 Å². The molecule has 0 N–H and O–H groups in total. The Morgan fingerprint density at radius 3 is 2.69 bits per heavy atom. The van der Waals surface area contributed by atoms with Crippen molar-refractivity contribution in [3.63, 3.8) is 0 Å². The van der Waals surface area contributed by atoms with E-state index in [4.69, 9.17) is 4.74 Å². The Kier molecular flexibility index (Phi) is 7.24. The fraction of sp³-hybridized carbons (Fsp3) is 0.292. The Hall–Kier alpha value is -3.10. The summed E-state index contributed by atoms with van der Waals surface area (Å²) in [5, 5.41) is 1.67. The van der Waals surface area contributed by atoms with Crippen LogP contribution in [-0.2, 0) is 22.6 Å². The van der Waals surface area contributed by atoms with Gasteiger partial charge in [-0.05, 0) is 29.7 Å². The van der Waals surface area contributed by atoms with Crippen LogP contribution in [0, 0.1) is 5.82 Å². The second kappa shape index (κ2) is 10.5. The van der Waals surface area contributed by atoms with Crippen LogP contribution in [0.15, 0.2) is 65.5 Å². The van der Waals surface area contributed by atoms with E-state index in [0.717, 1.165) is 5.56 Å². The maximum absolute atomic E-state index is 13.5. The average molecular weight is 454 g/mol. The Balaban J connectivity index is 1.48. The van der Waals surface area contributed by atoms with E-state index in [-0.39, 0.29) is 37.3 Å². The van der Waals surface area contributed by atoms with Gasteiger partial charge < -0.3 is 14.5 Å². The van der Waals surface area contributed by atoms with E-state index in [2.05, 4.69) is 4.98 Å². The zero-order chi connectivity index (χ0) is 22.3. The molecule has 1 aliphatic rings. The topological polar surface area (TPSA) is 62.7 Å². The van der Waals surface area contributed by atoms with E-state index in [1.165, 1.54) is 28.4 Å². The van der Waals surface area contributed by atoms with Gasteiger partial charge in [-0.3, -0.25) is 9.59 Å². The van der Waals surface area contributed by atoms with Gasteiger partial charge in [-0.15, -0.1) is 11.3 Å². The van der Waals surface area contributed by atoms with Gasteiger partial charge in [0.2, 0.25) is 5.91 Å². The van der Waals surface area contributed by atoms with Crippen molar-refractivity contribution in [1.29, 1.82) is 0 Å². The van der Waals surface area contributed by atoms with Gasteiger partial charge in [0.15, 0.2) is 0 Å². The highest BCUT2D eigenvalue weighted by Crippen LogP contribution is 2.15. The van der Waals surface area contributed by atoms with Gasteiger partial charge in [0.05, 0.1) is 18.2 Å². The molecule has 4 rings (SSSR count). The third kappa shape index (κ3) is 5.77. The Morgan fingerprint density at radius 2 is 1.94 bits per heavy atom. The molecule has 0 aliphatic carbocycles. The third-order valence-corrected chi connectivity index (χ3v) is 5.94. The molecule has 166 valence electrons. The number of aromatic nitrogens is 1. The van der Waals surface area contributed by atoms with E-state index < -0.39 is 6.10 Å². The largest absolute Gasteiger partial charge is 0.370 e. The van der Waals surface area contributed by atoms with Crippen LogP contribution in [-0.4, -0.2) is 58.9 Å². The van der Waals surface area contributed by atoms with E-state index >= 15 is 0 Å². The molecule has 1 fully saturated rings. The number of carbonyl (C=O) groups excluding carboxylic acids is 2. The highest BCUT2D eigenvalue weighted by molar-refractivity contribution is 7.07. The molecule has 1 saturated heterocycles. The smallest absolute Gasteiger partial charge is 0.273 e. The molecule has 1 aliphatic heterocycles. The lowest BCUT2D eigenvalue weighted by Crippen LogP contribution is -2.40. The quantitative estimate of drug-likeness (QED) is 0.550. The molecule has 0 spiro atoms. The number of hydrogen-bond donors (Lipinski definition) is 0. The summed E-state index contributed by atoms with van der Waals surface area (Å²) < 4.78 is 19.6. The molecule has 2 aromatic carbocycles.